The van der Waals surface area contributed by atoms with Gasteiger partial charge in [0.15, 0.2) is 5.82 Å². The zero-order valence-corrected chi connectivity index (χ0v) is 20.0. The molecule has 0 spiro atoms. The number of para-hydroxylation sites is 1. The number of hydrogen-bond acceptors (Lipinski definition) is 10. The molecule has 0 radical (unpaired) electrons. The van der Waals surface area contributed by atoms with Gasteiger partial charge < -0.3 is 14.6 Å². The Labute approximate surface area is 201 Å². The summed E-state index contributed by atoms with van der Waals surface area (Å²) in [7, 11) is 3.19. The summed E-state index contributed by atoms with van der Waals surface area (Å²) < 4.78 is 16.3. The van der Waals surface area contributed by atoms with E-state index < -0.39 is 6.10 Å². The number of anilines is 1. The molecule has 0 saturated heterocycles. The minimum absolute atomic E-state index is 0.274. The zero-order chi connectivity index (χ0) is 24.1. The molecule has 1 aromatic carbocycles. The van der Waals surface area contributed by atoms with Crippen molar-refractivity contribution in [3.05, 3.63) is 66.5 Å². The minimum atomic E-state index is -0.833. The van der Waals surface area contributed by atoms with Gasteiger partial charge in [-0.05, 0) is 50.1 Å². The van der Waals surface area contributed by atoms with Crippen molar-refractivity contribution in [2.45, 2.75) is 25.2 Å². The molecule has 0 aliphatic carbocycles. The quantitative estimate of drug-likeness (QED) is 0.344. The number of aromatic nitrogens is 6. The predicted molar refractivity (Wildman–Crippen MR) is 130 cm³/mol. The minimum Gasteiger partial charge on any atom is -0.494 e. The number of methoxy groups -OCH3 is 2. The van der Waals surface area contributed by atoms with E-state index in [9.17, 15) is 5.11 Å². The van der Waals surface area contributed by atoms with Crippen molar-refractivity contribution in [1.29, 1.82) is 0 Å². The third kappa shape index (κ3) is 4.80. The summed E-state index contributed by atoms with van der Waals surface area (Å²) in [6.07, 6.45) is 5.79. The topological polar surface area (TPSA) is 120 Å². The monoisotopic (exact) mass is 479 g/mol. The SMILES string of the molecule is COc1cccc(OC)c1-n1c(NSC(C)C(O)c2cnc(C)cn2)nnc1-c1cccnc1. The molecule has 2 unspecified atom stereocenters. The van der Waals surface area contributed by atoms with Gasteiger partial charge in [0.05, 0.1) is 37.1 Å². The fourth-order valence-corrected chi connectivity index (χ4v) is 3.99. The Morgan fingerprint density at radius 1 is 1.00 bits per heavy atom. The molecular weight excluding hydrogens is 454 g/mol. The van der Waals surface area contributed by atoms with Gasteiger partial charge in [0.2, 0.25) is 5.95 Å². The highest BCUT2D eigenvalue weighted by Gasteiger charge is 2.24. The number of rotatable bonds is 9. The van der Waals surface area contributed by atoms with Crippen molar-refractivity contribution in [3.63, 3.8) is 0 Å². The van der Waals surface area contributed by atoms with E-state index in [0.29, 0.717) is 34.7 Å². The lowest BCUT2D eigenvalue weighted by molar-refractivity contribution is 0.174. The van der Waals surface area contributed by atoms with Crippen LogP contribution in [0.1, 0.15) is 24.4 Å². The number of benzene rings is 1. The summed E-state index contributed by atoms with van der Waals surface area (Å²) in [5, 5.41) is 19.2. The maximum atomic E-state index is 10.7. The summed E-state index contributed by atoms with van der Waals surface area (Å²) in [5.74, 6) is 2.15. The summed E-state index contributed by atoms with van der Waals surface area (Å²) in [6, 6.07) is 9.25. The Morgan fingerprint density at radius 3 is 2.38 bits per heavy atom. The molecule has 176 valence electrons. The van der Waals surface area contributed by atoms with E-state index in [1.54, 1.807) is 39.0 Å². The highest BCUT2D eigenvalue weighted by molar-refractivity contribution is 8.01. The first-order valence-corrected chi connectivity index (χ1v) is 11.4. The van der Waals surface area contributed by atoms with Crippen LogP contribution < -0.4 is 14.2 Å². The summed E-state index contributed by atoms with van der Waals surface area (Å²) in [5.41, 5.74) is 2.69. The number of pyridine rings is 1. The number of aliphatic hydroxyl groups is 1. The van der Waals surface area contributed by atoms with E-state index in [1.165, 1.54) is 11.9 Å². The highest BCUT2D eigenvalue weighted by Crippen LogP contribution is 2.38. The second-order valence-corrected chi connectivity index (χ2v) is 8.57. The van der Waals surface area contributed by atoms with Crippen molar-refractivity contribution < 1.29 is 14.6 Å². The number of aliphatic hydroxyl groups excluding tert-OH is 1. The lowest BCUT2D eigenvalue weighted by Gasteiger charge is -2.20. The first kappa shape index (κ1) is 23.5. The second kappa shape index (κ2) is 10.5. The van der Waals surface area contributed by atoms with Crippen molar-refractivity contribution in [1.82, 2.24) is 29.7 Å². The molecule has 2 atom stereocenters. The summed E-state index contributed by atoms with van der Waals surface area (Å²) in [4.78, 5) is 12.7. The van der Waals surface area contributed by atoms with Crippen LogP contribution in [-0.4, -0.2) is 54.3 Å². The van der Waals surface area contributed by atoms with Gasteiger partial charge >= 0.3 is 0 Å². The van der Waals surface area contributed by atoms with Gasteiger partial charge in [-0.1, -0.05) is 6.07 Å². The van der Waals surface area contributed by atoms with Crippen LogP contribution in [0.15, 0.2) is 55.1 Å². The smallest absolute Gasteiger partial charge is 0.239 e. The standard InChI is InChI=1S/C23H25N7O3S/c1-14-11-26-17(13-25-14)21(31)15(2)34-29-23-28-27-22(16-7-6-10-24-12-16)30(23)20-18(32-3)8-5-9-19(20)33-4/h5-13,15,21,31H,1-4H3,(H,28,29). The zero-order valence-electron chi connectivity index (χ0n) is 19.2. The molecule has 4 aromatic rings. The molecule has 34 heavy (non-hydrogen) atoms. The van der Waals surface area contributed by atoms with E-state index in [-0.39, 0.29) is 5.25 Å². The molecule has 4 rings (SSSR count). The lowest BCUT2D eigenvalue weighted by Crippen LogP contribution is -2.16. The Morgan fingerprint density at radius 2 is 1.76 bits per heavy atom. The van der Waals surface area contributed by atoms with Gasteiger partial charge in [0.25, 0.3) is 0 Å². The van der Waals surface area contributed by atoms with Crippen LogP contribution in [0.2, 0.25) is 0 Å². The average Bonchev–Trinajstić information content (AvgIpc) is 3.30. The van der Waals surface area contributed by atoms with Crippen LogP contribution in [0.4, 0.5) is 5.95 Å². The average molecular weight is 480 g/mol. The number of aryl methyl sites for hydroxylation is 1. The van der Waals surface area contributed by atoms with E-state index >= 15 is 0 Å². The first-order valence-electron chi connectivity index (χ1n) is 10.5. The molecule has 0 amide bonds. The van der Waals surface area contributed by atoms with E-state index in [0.717, 1.165) is 11.3 Å². The Hall–Kier alpha value is -3.70. The van der Waals surface area contributed by atoms with Crippen LogP contribution in [0.25, 0.3) is 17.1 Å². The van der Waals surface area contributed by atoms with Gasteiger partial charge in [0, 0.05) is 24.2 Å². The molecule has 10 nitrogen and oxygen atoms in total. The third-order valence-electron chi connectivity index (χ3n) is 5.09. The van der Waals surface area contributed by atoms with Crippen LogP contribution >= 0.6 is 11.9 Å². The molecule has 2 N–H and O–H groups in total. The van der Waals surface area contributed by atoms with Crippen LogP contribution in [0.5, 0.6) is 11.5 Å². The number of hydrogen-bond donors (Lipinski definition) is 2. The van der Waals surface area contributed by atoms with Crippen molar-refractivity contribution in [2.24, 2.45) is 0 Å². The second-order valence-electron chi connectivity index (χ2n) is 7.39. The molecule has 0 bridgehead atoms. The van der Waals surface area contributed by atoms with E-state index in [1.807, 2.05) is 48.7 Å². The predicted octanol–water partition coefficient (Wildman–Crippen LogP) is 3.63. The highest BCUT2D eigenvalue weighted by atomic mass is 32.2. The van der Waals surface area contributed by atoms with Gasteiger partial charge in [-0.3, -0.25) is 24.2 Å². The van der Waals surface area contributed by atoms with Crippen LogP contribution in [0.3, 0.4) is 0 Å². The maximum absolute atomic E-state index is 10.7. The fourth-order valence-electron chi connectivity index (χ4n) is 3.30. The molecule has 0 aliphatic heterocycles. The Kier molecular flexibility index (Phi) is 7.24. The first-order chi connectivity index (χ1) is 16.5. The molecule has 0 fully saturated rings. The van der Waals surface area contributed by atoms with Crippen molar-refractivity contribution >= 4 is 17.9 Å². The van der Waals surface area contributed by atoms with Gasteiger partial charge in [-0.2, -0.15) is 0 Å². The number of ether oxygens (including phenoxy) is 2. The third-order valence-corrected chi connectivity index (χ3v) is 6.02. The molecule has 0 aliphatic rings. The summed E-state index contributed by atoms with van der Waals surface area (Å²) >= 11 is 1.29. The van der Waals surface area contributed by atoms with Gasteiger partial charge in [0.1, 0.15) is 23.3 Å². The Bertz CT molecular complexity index is 1210. The van der Waals surface area contributed by atoms with E-state index in [4.69, 9.17) is 9.47 Å². The van der Waals surface area contributed by atoms with Gasteiger partial charge in [-0.25, -0.2) is 0 Å². The fraction of sp³-hybridized carbons (Fsp3) is 0.261. The number of nitrogens with zero attached hydrogens (tertiary/aromatic N) is 6. The normalized spacial score (nSPS) is 12.7. The molecule has 3 aromatic heterocycles. The summed E-state index contributed by atoms with van der Waals surface area (Å²) in [6.45, 7) is 3.73. The van der Waals surface area contributed by atoms with Crippen molar-refractivity contribution in [2.75, 3.05) is 18.9 Å². The lowest BCUT2D eigenvalue weighted by atomic mass is 10.2. The van der Waals surface area contributed by atoms with Crippen molar-refractivity contribution in [3.8, 4) is 28.6 Å². The van der Waals surface area contributed by atoms with E-state index in [2.05, 4.69) is 29.9 Å². The number of nitrogens with one attached hydrogen (secondary N) is 1. The molecular formula is C23H25N7O3S. The van der Waals surface area contributed by atoms with Crippen LogP contribution in [0, 0.1) is 6.92 Å². The van der Waals surface area contributed by atoms with Gasteiger partial charge in [-0.15, -0.1) is 10.2 Å². The van der Waals surface area contributed by atoms with Crippen LogP contribution in [-0.2, 0) is 0 Å². The molecule has 11 heteroatoms. The largest absolute Gasteiger partial charge is 0.494 e. The molecule has 0 saturated carbocycles. The molecule has 3 heterocycles. The maximum Gasteiger partial charge on any atom is 0.239 e. The Balaban J connectivity index is 1.70.